The van der Waals surface area contributed by atoms with Gasteiger partial charge in [-0.2, -0.15) is 0 Å². The van der Waals surface area contributed by atoms with Crippen molar-refractivity contribution in [3.05, 3.63) is 0 Å². The van der Waals surface area contributed by atoms with Crippen LogP contribution in [0.15, 0.2) is 0 Å². The summed E-state index contributed by atoms with van der Waals surface area (Å²) in [6, 6.07) is 0. The molecule has 2 fully saturated rings. The van der Waals surface area contributed by atoms with Gasteiger partial charge in [0.15, 0.2) is 0 Å². The van der Waals surface area contributed by atoms with Crippen LogP contribution in [0.5, 0.6) is 0 Å². The zero-order valence-corrected chi connectivity index (χ0v) is 9.69. The summed E-state index contributed by atoms with van der Waals surface area (Å²) in [4.78, 5) is 11.6. The molecule has 4 heteroatoms. The third-order valence-electron chi connectivity index (χ3n) is 3.56. The number of primary amides is 1. The SMILES string of the molecule is NC(=O)C(C1CCCCO1)C1CCCCO1. The van der Waals surface area contributed by atoms with Gasteiger partial charge in [-0.15, -0.1) is 0 Å². The Kier molecular flexibility index (Phi) is 4.18. The fourth-order valence-corrected chi connectivity index (χ4v) is 2.70. The number of carbonyl (C=O) groups is 1. The first-order valence-corrected chi connectivity index (χ1v) is 6.31. The highest BCUT2D eigenvalue weighted by atomic mass is 16.5. The molecule has 0 spiro atoms. The van der Waals surface area contributed by atoms with Gasteiger partial charge in [-0.1, -0.05) is 0 Å². The molecule has 92 valence electrons. The minimum atomic E-state index is -0.265. The van der Waals surface area contributed by atoms with Crippen LogP contribution in [0.25, 0.3) is 0 Å². The number of nitrogens with two attached hydrogens (primary N) is 1. The molecule has 2 heterocycles. The Morgan fingerprint density at radius 1 is 1.00 bits per heavy atom. The standard InChI is InChI=1S/C12H21NO3/c13-12(14)11(9-5-1-3-7-15-9)10-6-2-4-8-16-10/h9-11H,1-8H2,(H2,13,14). The van der Waals surface area contributed by atoms with Crippen molar-refractivity contribution in [3.63, 3.8) is 0 Å². The fourth-order valence-electron chi connectivity index (χ4n) is 2.70. The van der Waals surface area contributed by atoms with Gasteiger partial charge in [0.1, 0.15) is 0 Å². The molecule has 2 atom stereocenters. The van der Waals surface area contributed by atoms with Crippen LogP contribution in [0, 0.1) is 5.92 Å². The Morgan fingerprint density at radius 2 is 1.50 bits per heavy atom. The molecule has 0 aromatic heterocycles. The molecule has 0 aliphatic carbocycles. The van der Waals surface area contributed by atoms with Crippen molar-refractivity contribution in [1.82, 2.24) is 0 Å². The molecule has 0 radical (unpaired) electrons. The molecule has 2 saturated heterocycles. The highest BCUT2D eigenvalue weighted by Crippen LogP contribution is 2.28. The second kappa shape index (κ2) is 5.64. The maximum atomic E-state index is 11.6. The van der Waals surface area contributed by atoms with Gasteiger partial charge in [-0.3, -0.25) is 4.79 Å². The first-order valence-electron chi connectivity index (χ1n) is 6.31. The van der Waals surface area contributed by atoms with Crippen LogP contribution >= 0.6 is 0 Å². The average molecular weight is 227 g/mol. The second-order valence-electron chi connectivity index (χ2n) is 4.74. The van der Waals surface area contributed by atoms with Gasteiger partial charge in [-0.25, -0.2) is 0 Å². The number of hydrogen-bond acceptors (Lipinski definition) is 3. The first kappa shape index (κ1) is 11.9. The minimum absolute atomic E-state index is 0.0191. The zero-order chi connectivity index (χ0) is 11.4. The summed E-state index contributed by atoms with van der Waals surface area (Å²) in [5, 5.41) is 0. The van der Waals surface area contributed by atoms with E-state index >= 15 is 0 Å². The van der Waals surface area contributed by atoms with Gasteiger partial charge in [0.25, 0.3) is 0 Å². The van der Waals surface area contributed by atoms with Gasteiger partial charge in [0.05, 0.1) is 18.1 Å². The van der Waals surface area contributed by atoms with E-state index in [-0.39, 0.29) is 24.0 Å². The Balaban J connectivity index is 1.99. The fraction of sp³-hybridized carbons (Fsp3) is 0.917. The summed E-state index contributed by atoms with van der Waals surface area (Å²) in [6.45, 7) is 1.50. The molecule has 0 bridgehead atoms. The van der Waals surface area contributed by atoms with Crippen molar-refractivity contribution in [1.29, 1.82) is 0 Å². The van der Waals surface area contributed by atoms with Gasteiger partial charge in [-0.05, 0) is 38.5 Å². The Hall–Kier alpha value is -0.610. The number of hydrogen-bond donors (Lipinski definition) is 1. The number of rotatable bonds is 3. The quantitative estimate of drug-likeness (QED) is 0.788. The van der Waals surface area contributed by atoms with Crippen LogP contribution in [0.2, 0.25) is 0 Å². The lowest BCUT2D eigenvalue weighted by atomic mass is 9.87. The lowest BCUT2D eigenvalue weighted by Gasteiger charge is -2.35. The smallest absolute Gasteiger partial charge is 0.225 e. The van der Waals surface area contributed by atoms with E-state index in [0.717, 1.165) is 51.7 Å². The summed E-state index contributed by atoms with van der Waals surface area (Å²) in [5.41, 5.74) is 5.50. The lowest BCUT2D eigenvalue weighted by molar-refractivity contribution is -0.143. The van der Waals surface area contributed by atoms with E-state index in [9.17, 15) is 4.79 Å². The molecule has 4 nitrogen and oxygen atoms in total. The van der Waals surface area contributed by atoms with Crippen LogP contribution < -0.4 is 5.73 Å². The summed E-state index contributed by atoms with van der Waals surface area (Å²) in [7, 11) is 0. The summed E-state index contributed by atoms with van der Waals surface area (Å²) in [6.07, 6.45) is 6.27. The normalized spacial score (nSPS) is 33.2. The van der Waals surface area contributed by atoms with Crippen molar-refractivity contribution in [2.75, 3.05) is 13.2 Å². The molecular formula is C12H21NO3. The third-order valence-corrected chi connectivity index (χ3v) is 3.56. The molecular weight excluding hydrogens is 206 g/mol. The number of carbonyl (C=O) groups excluding carboxylic acids is 1. The molecule has 2 N–H and O–H groups in total. The largest absolute Gasteiger partial charge is 0.377 e. The van der Waals surface area contributed by atoms with E-state index in [1.165, 1.54) is 0 Å². The van der Waals surface area contributed by atoms with Gasteiger partial charge in [0.2, 0.25) is 5.91 Å². The molecule has 0 aromatic carbocycles. The highest BCUT2D eigenvalue weighted by molar-refractivity contribution is 5.78. The maximum absolute atomic E-state index is 11.6. The number of ether oxygens (including phenoxy) is 2. The van der Waals surface area contributed by atoms with E-state index < -0.39 is 0 Å². The Labute approximate surface area is 96.5 Å². The molecule has 2 rings (SSSR count). The van der Waals surface area contributed by atoms with Crippen LogP contribution in [0.1, 0.15) is 38.5 Å². The predicted octanol–water partition coefficient (Wildman–Crippen LogP) is 1.23. The average Bonchev–Trinajstić information content (AvgIpc) is 2.31. The van der Waals surface area contributed by atoms with Crippen LogP contribution in [-0.2, 0) is 14.3 Å². The van der Waals surface area contributed by atoms with Gasteiger partial charge < -0.3 is 15.2 Å². The van der Waals surface area contributed by atoms with E-state index in [1.807, 2.05) is 0 Å². The van der Waals surface area contributed by atoms with Crippen molar-refractivity contribution in [2.24, 2.45) is 11.7 Å². The topological polar surface area (TPSA) is 61.6 Å². The van der Waals surface area contributed by atoms with Crippen molar-refractivity contribution < 1.29 is 14.3 Å². The maximum Gasteiger partial charge on any atom is 0.225 e. The third kappa shape index (κ3) is 2.74. The molecule has 0 saturated carbocycles. The molecule has 2 aliphatic rings. The van der Waals surface area contributed by atoms with Crippen LogP contribution in [0.4, 0.5) is 0 Å². The van der Waals surface area contributed by atoms with E-state index in [1.54, 1.807) is 0 Å². The van der Waals surface area contributed by atoms with Crippen molar-refractivity contribution in [3.8, 4) is 0 Å². The summed E-state index contributed by atoms with van der Waals surface area (Å²) < 4.78 is 11.3. The monoisotopic (exact) mass is 227 g/mol. The molecule has 0 aromatic rings. The van der Waals surface area contributed by atoms with Gasteiger partial charge >= 0.3 is 0 Å². The minimum Gasteiger partial charge on any atom is -0.377 e. The van der Waals surface area contributed by atoms with E-state index in [0.29, 0.717) is 0 Å². The van der Waals surface area contributed by atoms with Gasteiger partial charge in [0, 0.05) is 13.2 Å². The van der Waals surface area contributed by atoms with Crippen molar-refractivity contribution >= 4 is 5.91 Å². The molecule has 2 unspecified atom stereocenters. The Bertz CT molecular complexity index is 214. The highest BCUT2D eigenvalue weighted by Gasteiger charge is 2.37. The van der Waals surface area contributed by atoms with Crippen LogP contribution in [-0.4, -0.2) is 31.3 Å². The molecule has 2 aliphatic heterocycles. The van der Waals surface area contributed by atoms with Crippen molar-refractivity contribution in [2.45, 2.75) is 50.7 Å². The second-order valence-corrected chi connectivity index (χ2v) is 4.74. The Morgan fingerprint density at radius 3 is 1.81 bits per heavy atom. The van der Waals surface area contributed by atoms with E-state index in [2.05, 4.69) is 0 Å². The summed E-state index contributed by atoms with van der Waals surface area (Å²) >= 11 is 0. The number of amides is 1. The van der Waals surface area contributed by atoms with Crippen LogP contribution in [0.3, 0.4) is 0 Å². The lowest BCUT2D eigenvalue weighted by Crippen LogP contribution is -2.46. The summed E-state index contributed by atoms with van der Waals surface area (Å²) in [5.74, 6) is -0.514. The molecule has 1 amide bonds. The first-order chi connectivity index (χ1) is 7.79. The van der Waals surface area contributed by atoms with E-state index in [4.69, 9.17) is 15.2 Å². The molecule has 16 heavy (non-hydrogen) atoms. The predicted molar refractivity (Wildman–Crippen MR) is 59.9 cm³/mol. The zero-order valence-electron chi connectivity index (χ0n) is 9.69.